The molecule has 1 unspecified atom stereocenters. The third-order valence-electron chi connectivity index (χ3n) is 4.88. The summed E-state index contributed by atoms with van der Waals surface area (Å²) in [6.07, 6.45) is 2.98. The summed E-state index contributed by atoms with van der Waals surface area (Å²) >= 11 is 12.5. The van der Waals surface area contributed by atoms with Gasteiger partial charge in [0.05, 0.1) is 22.1 Å². The summed E-state index contributed by atoms with van der Waals surface area (Å²) in [5, 5.41) is 14.8. The molecule has 3 aromatic rings. The van der Waals surface area contributed by atoms with E-state index in [4.69, 9.17) is 23.2 Å². The minimum absolute atomic E-state index is 0.249. The van der Waals surface area contributed by atoms with E-state index in [1.54, 1.807) is 42.9 Å². The third kappa shape index (κ3) is 5.20. The summed E-state index contributed by atoms with van der Waals surface area (Å²) in [4.78, 5) is 24.9. The monoisotopic (exact) mass is 474 g/mol. The predicted octanol–water partition coefficient (Wildman–Crippen LogP) is 4.70. The molecule has 2 N–H and O–H groups in total. The van der Waals surface area contributed by atoms with Gasteiger partial charge in [0.25, 0.3) is 0 Å². The normalized spacial score (nSPS) is 12.2. The van der Waals surface area contributed by atoms with Crippen LogP contribution >= 0.6 is 23.2 Å². The van der Waals surface area contributed by atoms with E-state index in [0.29, 0.717) is 27.1 Å². The number of amides is 2. The van der Waals surface area contributed by atoms with Gasteiger partial charge in [0.2, 0.25) is 11.8 Å². The molecule has 0 bridgehead atoms. The highest BCUT2D eigenvalue weighted by atomic mass is 35.5. The molecule has 0 aliphatic heterocycles. The van der Waals surface area contributed by atoms with Crippen LogP contribution in [0.15, 0.2) is 30.3 Å². The molecule has 2 heterocycles. The van der Waals surface area contributed by atoms with Crippen molar-refractivity contribution in [2.45, 2.75) is 33.7 Å². The van der Waals surface area contributed by atoms with Crippen molar-refractivity contribution < 1.29 is 9.59 Å². The van der Waals surface area contributed by atoms with Crippen molar-refractivity contribution in [2.24, 2.45) is 7.05 Å². The van der Waals surface area contributed by atoms with Gasteiger partial charge in [0, 0.05) is 30.1 Å². The molecule has 32 heavy (non-hydrogen) atoms. The lowest BCUT2D eigenvalue weighted by Gasteiger charge is -2.15. The van der Waals surface area contributed by atoms with Crippen molar-refractivity contribution in [3.05, 3.63) is 63.2 Å². The van der Waals surface area contributed by atoms with E-state index in [9.17, 15) is 9.59 Å². The van der Waals surface area contributed by atoms with Gasteiger partial charge < -0.3 is 10.6 Å². The summed E-state index contributed by atoms with van der Waals surface area (Å²) in [6, 6.07) is 6.26. The Bertz CT molecular complexity index is 1210. The molecular formula is C22H24Cl2N6O2. The van der Waals surface area contributed by atoms with E-state index < -0.39 is 6.04 Å². The predicted molar refractivity (Wildman–Crippen MR) is 127 cm³/mol. The van der Waals surface area contributed by atoms with Crippen molar-refractivity contribution in [1.82, 2.24) is 19.6 Å². The first-order valence-electron chi connectivity index (χ1n) is 9.88. The number of benzene rings is 1. The van der Waals surface area contributed by atoms with Gasteiger partial charge in [-0.2, -0.15) is 10.2 Å². The number of hydrogen-bond donors (Lipinski definition) is 2. The maximum Gasteiger partial charge on any atom is 0.248 e. The Morgan fingerprint density at radius 3 is 2.38 bits per heavy atom. The molecule has 3 rings (SSSR count). The number of aryl methyl sites for hydroxylation is 4. The highest BCUT2D eigenvalue weighted by Crippen LogP contribution is 2.27. The molecule has 0 aliphatic carbocycles. The standard InChI is InChI=1S/C22H24Cl2N6O2/c1-12-10-13(2)30(27-12)15(4)22(32)26-19-8-6-16(11-18(19)23)25-20(31)9-7-17-14(3)28-29(5)21(17)24/h6-11,15H,1-5H3,(H,25,31)(H,26,32)/b9-7+. The van der Waals surface area contributed by atoms with Crippen LogP contribution in [-0.4, -0.2) is 31.4 Å². The van der Waals surface area contributed by atoms with Crippen LogP contribution in [0, 0.1) is 20.8 Å². The molecular weight excluding hydrogens is 451 g/mol. The topological polar surface area (TPSA) is 93.8 Å². The smallest absolute Gasteiger partial charge is 0.248 e. The first-order chi connectivity index (χ1) is 15.1. The van der Waals surface area contributed by atoms with Crippen LogP contribution in [0.3, 0.4) is 0 Å². The number of rotatable bonds is 6. The quantitative estimate of drug-likeness (QED) is 0.506. The van der Waals surface area contributed by atoms with Crippen LogP contribution in [-0.2, 0) is 16.6 Å². The molecule has 2 amide bonds. The second kappa shape index (κ2) is 9.58. The van der Waals surface area contributed by atoms with Crippen LogP contribution in [0.1, 0.15) is 35.6 Å². The summed E-state index contributed by atoms with van der Waals surface area (Å²) in [5.41, 5.74) is 4.07. The van der Waals surface area contributed by atoms with Crippen LogP contribution in [0.5, 0.6) is 0 Å². The number of aromatic nitrogens is 4. The lowest BCUT2D eigenvalue weighted by molar-refractivity contribution is -0.119. The molecule has 2 aromatic heterocycles. The second-order valence-electron chi connectivity index (χ2n) is 7.47. The second-order valence-corrected chi connectivity index (χ2v) is 8.23. The minimum Gasteiger partial charge on any atom is -0.323 e. The maximum absolute atomic E-state index is 12.6. The third-order valence-corrected chi connectivity index (χ3v) is 5.64. The van der Waals surface area contributed by atoms with Crippen LogP contribution in [0.4, 0.5) is 11.4 Å². The highest BCUT2D eigenvalue weighted by molar-refractivity contribution is 6.34. The number of carbonyl (C=O) groups excluding carboxylic acids is 2. The molecule has 168 valence electrons. The average Bonchev–Trinajstić information content (AvgIpc) is 3.18. The molecule has 0 saturated heterocycles. The van der Waals surface area contributed by atoms with E-state index in [1.807, 2.05) is 26.8 Å². The maximum atomic E-state index is 12.6. The van der Waals surface area contributed by atoms with Gasteiger partial charge >= 0.3 is 0 Å². The Morgan fingerprint density at radius 2 is 1.81 bits per heavy atom. The lowest BCUT2D eigenvalue weighted by atomic mass is 10.2. The number of nitrogens with zero attached hydrogens (tertiary/aromatic N) is 4. The van der Waals surface area contributed by atoms with E-state index in [0.717, 1.165) is 17.1 Å². The van der Waals surface area contributed by atoms with E-state index >= 15 is 0 Å². The fourth-order valence-electron chi connectivity index (χ4n) is 3.26. The molecule has 0 radical (unpaired) electrons. The number of halogens is 2. The molecule has 0 saturated carbocycles. The molecule has 1 aromatic carbocycles. The zero-order valence-corrected chi connectivity index (χ0v) is 19.9. The molecule has 0 aliphatic rings. The van der Waals surface area contributed by atoms with Crippen molar-refractivity contribution >= 4 is 52.5 Å². The van der Waals surface area contributed by atoms with Gasteiger partial charge in [-0.3, -0.25) is 19.0 Å². The average molecular weight is 475 g/mol. The fourth-order valence-corrected chi connectivity index (χ4v) is 3.72. The fraction of sp³-hybridized carbons (Fsp3) is 0.273. The summed E-state index contributed by atoms with van der Waals surface area (Å²) in [7, 11) is 1.73. The largest absolute Gasteiger partial charge is 0.323 e. The minimum atomic E-state index is -0.507. The first kappa shape index (κ1) is 23.6. The van der Waals surface area contributed by atoms with Gasteiger partial charge in [-0.25, -0.2) is 0 Å². The molecule has 0 fully saturated rings. The number of hydrogen-bond acceptors (Lipinski definition) is 4. The van der Waals surface area contributed by atoms with E-state index in [1.165, 1.54) is 10.8 Å². The van der Waals surface area contributed by atoms with Crippen molar-refractivity contribution in [3.63, 3.8) is 0 Å². The van der Waals surface area contributed by atoms with Crippen LogP contribution in [0.25, 0.3) is 6.08 Å². The van der Waals surface area contributed by atoms with E-state index in [-0.39, 0.29) is 11.8 Å². The zero-order valence-electron chi connectivity index (χ0n) is 18.4. The van der Waals surface area contributed by atoms with Gasteiger partial charge in [-0.05, 0) is 58.0 Å². The Labute approximate surface area is 196 Å². The summed E-state index contributed by atoms with van der Waals surface area (Å²) in [5.74, 6) is -0.600. The Morgan fingerprint density at radius 1 is 1.09 bits per heavy atom. The van der Waals surface area contributed by atoms with Crippen molar-refractivity contribution in [1.29, 1.82) is 0 Å². The summed E-state index contributed by atoms with van der Waals surface area (Å²) in [6.45, 7) is 7.34. The number of anilines is 2. The van der Waals surface area contributed by atoms with Gasteiger partial charge in [0.15, 0.2) is 0 Å². The van der Waals surface area contributed by atoms with Gasteiger partial charge in [-0.15, -0.1) is 0 Å². The van der Waals surface area contributed by atoms with Crippen LogP contribution < -0.4 is 10.6 Å². The molecule has 8 nitrogen and oxygen atoms in total. The Balaban J connectivity index is 1.65. The van der Waals surface area contributed by atoms with Crippen molar-refractivity contribution in [3.8, 4) is 0 Å². The highest BCUT2D eigenvalue weighted by Gasteiger charge is 2.19. The van der Waals surface area contributed by atoms with Crippen LogP contribution in [0.2, 0.25) is 10.2 Å². The van der Waals surface area contributed by atoms with Crippen molar-refractivity contribution in [2.75, 3.05) is 10.6 Å². The zero-order chi connectivity index (χ0) is 23.6. The van der Waals surface area contributed by atoms with Gasteiger partial charge in [0.1, 0.15) is 11.2 Å². The molecule has 10 heteroatoms. The molecule has 1 atom stereocenters. The van der Waals surface area contributed by atoms with E-state index in [2.05, 4.69) is 20.8 Å². The SMILES string of the molecule is Cc1cc(C)n(C(C)C(=O)Nc2ccc(NC(=O)/C=C/c3c(C)nn(C)c3Cl)cc2Cl)n1. The summed E-state index contributed by atoms with van der Waals surface area (Å²) < 4.78 is 3.20. The lowest BCUT2D eigenvalue weighted by Crippen LogP contribution is -2.25. The Hall–Kier alpha value is -3.10. The molecule has 0 spiro atoms. The Kier molecular flexibility index (Phi) is 7.06. The number of carbonyl (C=O) groups is 2. The van der Waals surface area contributed by atoms with Gasteiger partial charge in [-0.1, -0.05) is 23.2 Å². The number of nitrogens with one attached hydrogen (secondary N) is 2. The first-order valence-corrected chi connectivity index (χ1v) is 10.6.